The standard InChI is InChI=1S/C15H17FN2O3/c16-10-1-3-11(4-2-10)18-14(20)9-13(15(18)21)17-7-5-12(19)6-8-17/h1-4,12-13,19H,5-9H2/t13-/m0/s1. The molecule has 2 heterocycles. The van der Waals surface area contributed by atoms with Crippen LogP contribution in [0.2, 0.25) is 0 Å². The van der Waals surface area contributed by atoms with Gasteiger partial charge in [0.05, 0.1) is 24.3 Å². The minimum atomic E-state index is -0.463. The summed E-state index contributed by atoms with van der Waals surface area (Å²) in [6.07, 6.45) is 1.07. The van der Waals surface area contributed by atoms with Crippen molar-refractivity contribution in [2.75, 3.05) is 18.0 Å². The number of likely N-dealkylation sites (tertiary alicyclic amines) is 1. The first-order valence-electron chi connectivity index (χ1n) is 7.11. The average molecular weight is 292 g/mol. The van der Waals surface area contributed by atoms with Crippen LogP contribution in [0.15, 0.2) is 24.3 Å². The minimum absolute atomic E-state index is 0.145. The van der Waals surface area contributed by atoms with Crippen molar-refractivity contribution in [3.63, 3.8) is 0 Å². The number of carbonyl (C=O) groups is 2. The van der Waals surface area contributed by atoms with E-state index < -0.39 is 11.9 Å². The van der Waals surface area contributed by atoms with Crippen LogP contribution in [0.1, 0.15) is 19.3 Å². The molecule has 1 aromatic carbocycles. The van der Waals surface area contributed by atoms with Crippen molar-refractivity contribution in [1.82, 2.24) is 4.90 Å². The summed E-state index contributed by atoms with van der Waals surface area (Å²) in [7, 11) is 0. The lowest BCUT2D eigenvalue weighted by Crippen LogP contribution is -2.46. The van der Waals surface area contributed by atoms with E-state index in [1.807, 2.05) is 4.90 Å². The second kappa shape index (κ2) is 5.54. The molecule has 1 N–H and O–H groups in total. The zero-order valence-electron chi connectivity index (χ0n) is 11.5. The van der Waals surface area contributed by atoms with Crippen LogP contribution in [-0.2, 0) is 9.59 Å². The monoisotopic (exact) mass is 292 g/mol. The van der Waals surface area contributed by atoms with Gasteiger partial charge in [0.25, 0.3) is 5.91 Å². The molecule has 112 valence electrons. The van der Waals surface area contributed by atoms with Crippen LogP contribution in [-0.4, -0.2) is 47.1 Å². The summed E-state index contributed by atoms with van der Waals surface area (Å²) in [4.78, 5) is 27.7. The fourth-order valence-corrected chi connectivity index (χ4v) is 2.96. The highest BCUT2D eigenvalue weighted by atomic mass is 19.1. The number of amides is 2. The molecule has 0 radical (unpaired) electrons. The Hall–Kier alpha value is -1.79. The van der Waals surface area contributed by atoms with Crippen molar-refractivity contribution >= 4 is 17.5 Å². The van der Waals surface area contributed by atoms with E-state index in [2.05, 4.69) is 0 Å². The lowest BCUT2D eigenvalue weighted by Gasteiger charge is -2.32. The highest BCUT2D eigenvalue weighted by Crippen LogP contribution is 2.27. The van der Waals surface area contributed by atoms with E-state index in [1.54, 1.807) is 0 Å². The second-order valence-corrected chi connectivity index (χ2v) is 5.53. The van der Waals surface area contributed by atoms with E-state index in [0.29, 0.717) is 31.6 Å². The third-order valence-corrected chi connectivity index (χ3v) is 4.15. The van der Waals surface area contributed by atoms with Crippen LogP contribution in [0.3, 0.4) is 0 Å². The van der Waals surface area contributed by atoms with E-state index >= 15 is 0 Å². The molecule has 0 saturated carbocycles. The quantitative estimate of drug-likeness (QED) is 0.823. The largest absolute Gasteiger partial charge is 0.393 e. The van der Waals surface area contributed by atoms with Gasteiger partial charge in [-0.25, -0.2) is 9.29 Å². The van der Waals surface area contributed by atoms with E-state index in [-0.39, 0.29) is 24.3 Å². The van der Waals surface area contributed by atoms with Gasteiger partial charge < -0.3 is 5.11 Å². The highest BCUT2D eigenvalue weighted by molar-refractivity contribution is 6.22. The second-order valence-electron chi connectivity index (χ2n) is 5.53. The van der Waals surface area contributed by atoms with Crippen molar-refractivity contribution in [2.24, 2.45) is 0 Å². The Bertz CT molecular complexity index is 553. The van der Waals surface area contributed by atoms with Crippen LogP contribution in [0.5, 0.6) is 0 Å². The minimum Gasteiger partial charge on any atom is -0.393 e. The third-order valence-electron chi connectivity index (χ3n) is 4.15. The van der Waals surface area contributed by atoms with Crippen molar-refractivity contribution in [1.29, 1.82) is 0 Å². The summed E-state index contributed by atoms with van der Waals surface area (Å²) in [5.74, 6) is -0.926. The molecule has 2 fully saturated rings. The van der Waals surface area contributed by atoms with E-state index in [0.717, 1.165) is 4.90 Å². The Morgan fingerprint density at radius 2 is 1.71 bits per heavy atom. The van der Waals surface area contributed by atoms with Gasteiger partial charge >= 0.3 is 0 Å². The van der Waals surface area contributed by atoms with Crippen molar-refractivity contribution in [3.05, 3.63) is 30.1 Å². The smallest absolute Gasteiger partial charge is 0.251 e. The molecule has 3 rings (SSSR count). The van der Waals surface area contributed by atoms with Gasteiger partial charge in [0.1, 0.15) is 5.82 Å². The molecule has 0 aromatic heterocycles. The molecule has 0 spiro atoms. The summed E-state index contributed by atoms with van der Waals surface area (Å²) in [6, 6.07) is 4.89. The van der Waals surface area contributed by atoms with Gasteiger partial charge in [0.15, 0.2) is 0 Å². The number of anilines is 1. The van der Waals surface area contributed by atoms with Crippen LogP contribution >= 0.6 is 0 Å². The summed E-state index contributed by atoms with van der Waals surface area (Å²) in [5, 5.41) is 9.52. The number of aliphatic hydroxyl groups is 1. The molecule has 5 nitrogen and oxygen atoms in total. The van der Waals surface area contributed by atoms with Crippen molar-refractivity contribution in [2.45, 2.75) is 31.4 Å². The molecule has 2 saturated heterocycles. The molecule has 2 aliphatic rings. The molecule has 1 aromatic rings. The Labute approximate surface area is 122 Å². The number of carbonyl (C=O) groups excluding carboxylic acids is 2. The summed E-state index contributed by atoms with van der Waals surface area (Å²) in [6.45, 7) is 1.23. The SMILES string of the molecule is O=C1C[C@H](N2CCC(O)CC2)C(=O)N1c1ccc(F)cc1. The molecule has 2 amide bonds. The number of imide groups is 1. The lowest BCUT2D eigenvalue weighted by atomic mass is 10.1. The molecule has 0 unspecified atom stereocenters. The molecule has 0 aliphatic carbocycles. The van der Waals surface area contributed by atoms with Gasteiger partial charge in [-0.2, -0.15) is 0 Å². The number of hydrogen-bond donors (Lipinski definition) is 1. The molecular weight excluding hydrogens is 275 g/mol. The maximum Gasteiger partial charge on any atom is 0.251 e. The summed E-state index contributed by atoms with van der Waals surface area (Å²) < 4.78 is 13.0. The normalized spacial score (nSPS) is 24.9. The first-order valence-corrected chi connectivity index (χ1v) is 7.11. The van der Waals surface area contributed by atoms with Gasteiger partial charge in [-0.1, -0.05) is 0 Å². The van der Waals surface area contributed by atoms with E-state index in [1.165, 1.54) is 24.3 Å². The Balaban J connectivity index is 1.77. The Morgan fingerprint density at radius 3 is 2.33 bits per heavy atom. The molecule has 0 bridgehead atoms. The molecule has 2 aliphatic heterocycles. The van der Waals surface area contributed by atoms with Gasteiger partial charge in [0.2, 0.25) is 5.91 Å². The van der Waals surface area contributed by atoms with E-state index in [4.69, 9.17) is 0 Å². The predicted molar refractivity (Wildman–Crippen MR) is 74.1 cm³/mol. The number of hydrogen-bond acceptors (Lipinski definition) is 4. The number of piperidine rings is 1. The first kappa shape index (κ1) is 14.2. The fourth-order valence-electron chi connectivity index (χ4n) is 2.96. The number of benzene rings is 1. The van der Waals surface area contributed by atoms with Crippen LogP contribution in [0, 0.1) is 5.82 Å². The van der Waals surface area contributed by atoms with E-state index in [9.17, 15) is 19.1 Å². The zero-order valence-corrected chi connectivity index (χ0v) is 11.5. The number of aliphatic hydroxyl groups excluding tert-OH is 1. The van der Waals surface area contributed by atoms with Gasteiger partial charge in [0, 0.05) is 13.1 Å². The van der Waals surface area contributed by atoms with Crippen molar-refractivity contribution < 1.29 is 19.1 Å². The van der Waals surface area contributed by atoms with Crippen LogP contribution < -0.4 is 4.90 Å². The number of nitrogens with zero attached hydrogens (tertiary/aromatic N) is 2. The third kappa shape index (κ3) is 2.69. The maximum absolute atomic E-state index is 13.0. The fraction of sp³-hybridized carbons (Fsp3) is 0.467. The molecule has 21 heavy (non-hydrogen) atoms. The average Bonchev–Trinajstić information content (AvgIpc) is 2.76. The lowest BCUT2D eigenvalue weighted by molar-refractivity contribution is -0.123. The van der Waals surface area contributed by atoms with Gasteiger partial charge in [-0.15, -0.1) is 0 Å². The van der Waals surface area contributed by atoms with Gasteiger partial charge in [-0.3, -0.25) is 14.5 Å². The highest BCUT2D eigenvalue weighted by Gasteiger charge is 2.43. The summed E-state index contributed by atoms with van der Waals surface area (Å²) in [5.41, 5.74) is 0.408. The Kier molecular flexibility index (Phi) is 3.73. The van der Waals surface area contributed by atoms with Gasteiger partial charge in [-0.05, 0) is 37.1 Å². The van der Waals surface area contributed by atoms with Crippen molar-refractivity contribution in [3.8, 4) is 0 Å². The Morgan fingerprint density at radius 1 is 1.10 bits per heavy atom. The number of halogens is 1. The molecule has 6 heteroatoms. The topological polar surface area (TPSA) is 60.9 Å². The first-order chi connectivity index (χ1) is 10.1. The maximum atomic E-state index is 13.0. The number of rotatable bonds is 2. The molecular formula is C15H17FN2O3. The molecule has 1 atom stereocenters. The van der Waals surface area contributed by atoms with Crippen LogP contribution in [0.25, 0.3) is 0 Å². The summed E-state index contributed by atoms with van der Waals surface area (Å²) >= 11 is 0. The predicted octanol–water partition coefficient (Wildman–Crippen LogP) is 0.914. The van der Waals surface area contributed by atoms with Crippen LogP contribution in [0.4, 0.5) is 10.1 Å². The zero-order chi connectivity index (χ0) is 15.0.